The Morgan fingerprint density at radius 2 is 1.68 bits per heavy atom. The quantitative estimate of drug-likeness (QED) is 0.568. The van der Waals surface area contributed by atoms with Crippen LogP contribution in [-0.2, 0) is 4.79 Å². The third kappa shape index (κ3) is 3.88. The van der Waals surface area contributed by atoms with Gasteiger partial charge in [0.2, 0.25) is 5.91 Å². The van der Waals surface area contributed by atoms with Crippen LogP contribution in [0.15, 0.2) is 53.9 Å². The number of amides is 3. The van der Waals surface area contributed by atoms with Gasteiger partial charge in [0.1, 0.15) is 6.04 Å². The molecule has 7 heteroatoms. The summed E-state index contributed by atoms with van der Waals surface area (Å²) in [6.45, 7) is 5.77. The molecule has 4 rings (SSSR count). The summed E-state index contributed by atoms with van der Waals surface area (Å²) in [7, 11) is 0. The molecule has 2 heterocycles. The number of carbonyl (C=O) groups excluding carboxylic acids is 3. The fourth-order valence-corrected chi connectivity index (χ4v) is 4.37. The van der Waals surface area contributed by atoms with E-state index in [9.17, 15) is 14.4 Å². The number of nitrogens with one attached hydrogen (secondary N) is 1. The van der Waals surface area contributed by atoms with E-state index in [4.69, 9.17) is 0 Å². The van der Waals surface area contributed by atoms with Crippen LogP contribution < -0.4 is 5.32 Å². The van der Waals surface area contributed by atoms with E-state index in [1.54, 1.807) is 47.7 Å². The van der Waals surface area contributed by atoms with E-state index in [1.165, 1.54) is 0 Å². The second kappa shape index (κ2) is 8.43. The molecule has 2 atom stereocenters. The van der Waals surface area contributed by atoms with Crippen molar-refractivity contribution in [3.05, 3.63) is 70.0 Å². The third-order valence-corrected chi connectivity index (χ3v) is 6.40. The monoisotopic (exact) mass is 433 g/mol. The Labute approximate surface area is 184 Å². The lowest BCUT2D eigenvalue weighted by atomic mass is 9.96. The van der Waals surface area contributed by atoms with Crippen molar-refractivity contribution >= 4 is 34.7 Å². The number of thiazole rings is 1. The van der Waals surface area contributed by atoms with E-state index in [-0.39, 0.29) is 11.8 Å². The molecule has 1 aliphatic heterocycles. The molecular weight excluding hydrogens is 410 g/mol. The number of anilines is 1. The van der Waals surface area contributed by atoms with Gasteiger partial charge in [-0.25, -0.2) is 4.98 Å². The Kier molecular flexibility index (Phi) is 5.69. The number of aryl methyl sites for hydroxylation is 1. The number of rotatable bonds is 6. The Morgan fingerprint density at radius 3 is 2.19 bits per heavy atom. The highest BCUT2D eigenvalue weighted by Gasteiger charge is 2.44. The zero-order valence-corrected chi connectivity index (χ0v) is 18.4. The molecule has 1 N–H and O–H groups in total. The van der Waals surface area contributed by atoms with Gasteiger partial charge in [-0.2, -0.15) is 0 Å². The maximum atomic E-state index is 13.2. The highest BCUT2D eigenvalue weighted by Crippen LogP contribution is 2.29. The largest absolute Gasteiger partial charge is 0.324 e. The van der Waals surface area contributed by atoms with Crippen molar-refractivity contribution in [2.75, 3.05) is 5.32 Å². The van der Waals surface area contributed by atoms with Crippen LogP contribution in [0.5, 0.6) is 0 Å². The molecule has 1 aliphatic rings. The van der Waals surface area contributed by atoms with Gasteiger partial charge in [0.25, 0.3) is 11.8 Å². The summed E-state index contributed by atoms with van der Waals surface area (Å²) in [6.07, 6.45) is 0.646. The van der Waals surface area contributed by atoms with Gasteiger partial charge in [0, 0.05) is 16.6 Å². The number of hydrogen-bond donors (Lipinski definition) is 1. The minimum absolute atomic E-state index is 0.195. The van der Waals surface area contributed by atoms with Crippen molar-refractivity contribution in [2.45, 2.75) is 33.2 Å². The first-order valence-electron chi connectivity index (χ1n) is 10.2. The zero-order chi connectivity index (χ0) is 22.1. The minimum Gasteiger partial charge on any atom is -0.324 e. The standard InChI is InChI=1S/C24H23N3O3S/c1-4-14(2)21(27-23(29)18-7-5-6-8-19(18)24(27)30)22(28)26-17-11-9-16(10-12-17)20-13-31-15(3)25-20/h5-14,21H,4H2,1-3H3,(H,26,28). The molecule has 2 unspecified atom stereocenters. The highest BCUT2D eigenvalue weighted by atomic mass is 32.1. The summed E-state index contributed by atoms with van der Waals surface area (Å²) < 4.78 is 0. The van der Waals surface area contributed by atoms with Gasteiger partial charge in [-0.1, -0.05) is 44.5 Å². The molecule has 6 nitrogen and oxygen atoms in total. The number of benzene rings is 2. The molecule has 31 heavy (non-hydrogen) atoms. The Hall–Kier alpha value is -3.32. The van der Waals surface area contributed by atoms with Crippen LogP contribution in [0.2, 0.25) is 0 Å². The second-order valence-corrected chi connectivity index (χ2v) is 8.74. The first-order chi connectivity index (χ1) is 14.9. The number of aromatic nitrogens is 1. The van der Waals surface area contributed by atoms with Crippen molar-refractivity contribution < 1.29 is 14.4 Å². The van der Waals surface area contributed by atoms with Gasteiger partial charge >= 0.3 is 0 Å². The summed E-state index contributed by atoms with van der Waals surface area (Å²) in [5.41, 5.74) is 3.14. The average molecular weight is 434 g/mol. The lowest BCUT2D eigenvalue weighted by Gasteiger charge is -2.29. The van der Waals surface area contributed by atoms with Crippen LogP contribution in [0.25, 0.3) is 11.3 Å². The van der Waals surface area contributed by atoms with Crippen molar-refractivity contribution in [3.8, 4) is 11.3 Å². The number of carbonyl (C=O) groups is 3. The fraction of sp³-hybridized carbons (Fsp3) is 0.250. The van der Waals surface area contributed by atoms with E-state index in [0.29, 0.717) is 23.2 Å². The lowest BCUT2D eigenvalue weighted by molar-refractivity contribution is -0.121. The fourth-order valence-electron chi connectivity index (χ4n) is 3.75. The van der Waals surface area contributed by atoms with Crippen LogP contribution >= 0.6 is 11.3 Å². The van der Waals surface area contributed by atoms with Crippen LogP contribution in [0.1, 0.15) is 46.0 Å². The molecule has 3 aromatic rings. The summed E-state index contributed by atoms with van der Waals surface area (Å²) in [5, 5.41) is 5.86. The van der Waals surface area contributed by atoms with Crippen molar-refractivity contribution in [3.63, 3.8) is 0 Å². The van der Waals surface area contributed by atoms with Gasteiger partial charge in [0.15, 0.2) is 0 Å². The average Bonchev–Trinajstić information content (AvgIpc) is 3.31. The Bertz CT molecular complexity index is 1120. The smallest absolute Gasteiger partial charge is 0.262 e. The molecule has 0 saturated carbocycles. The van der Waals surface area contributed by atoms with E-state index in [1.807, 2.05) is 38.3 Å². The van der Waals surface area contributed by atoms with Crippen molar-refractivity contribution in [1.29, 1.82) is 0 Å². The lowest BCUT2D eigenvalue weighted by Crippen LogP contribution is -2.50. The molecule has 0 saturated heterocycles. The maximum Gasteiger partial charge on any atom is 0.262 e. The summed E-state index contributed by atoms with van der Waals surface area (Å²) in [6, 6.07) is 13.2. The second-order valence-electron chi connectivity index (χ2n) is 7.67. The Balaban J connectivity index is 1.57. The molecular formula is C24H23N3O3S. The summed E-state index contributed by atoms with van der Waals surface area (Å²) >= 11 is 1.58. The predicted molar refractivity (Wildman–Crippen MR) is 121 cm³/mol. The first kappa shape index (κ1) is 20.9. The SMILES string of the molecule is CCC(C)C(C(=O)Nc1ccc(-c2csc(C)n2)cc1)N1C(=O)c2ccccc2C1=O. The number of imide groups is 1. The molecule has 0 radical (unpaired) electrons. The number of nitrogens with zero attached hydrogens (tertiary/aromatic N) is 2. The minimum atomic E-state index is -0.890. The van der Waals surface area contributed by atoms with Crippen LogP contribution in [0.4, 0.5) is 5.69 Å². The van der Waals surface area contributed by atoms with Crippen LogP contribution in [0.3, 0.4) is 0 Å². The molecule has 0 aliphatic carbocycles. The zero-order valence-electron chi connectivity index (χ0n) is 17.6. The molecule has 3 amide bonds. The first-order valence-corrected chi connectivity index (χ1v) is 11.1. The van der Waals surface area contributed by atoms with E-state index in [2.05, 4.69) is 10.3 Å². The summed E-state index contributed by atoms with van der Waals surface area (Å²) in [5.74, 6) is -1.41. The van der Waals surface area contributed by atoms with E-state index < -0.39 is 17.9 Å². The molecule has 2 aromatic carbocycles. The number of hydrogen-bond acceptors (Lipinski definition) is 5. The third-order valence-electron chi connectivity index (χ3n) is 5.62. The molecule has 158 valence electrons. The molecule has 0 spiro atoms. The van der Waals surface area contributed by atoms with Gasteiger partial charge < -0.3 is 5.32 Å². The van der Waals surface area contributed by atoms with E-state index in [0.717, 1.165) is 21.2 Å². The van der Waals surface area contributed by atoms with Gasteiger partial charge in [0.05, 0.1) is 21.8 Å². The van der Waals surface area contributed by atoms with Crippen molar-refractivity contribution in [1.82, 2.24) is 9.88 Å². The highest BCUT2D eigenvalue weighted by molar-refractivity contribution is 7.09. The maximum absolute atomic E-state index is 13.2. The van der Waals surface area contributed by atoms with Crippen molar-refractivity contribution in [2.24, 2.45) is 5.92 Å². The molecule has 0 bridgehead atoms. The predicted octanol–water partition coefficient (Wildman–Crippen LogP) is 4.77. The van der Waals surface area contributed by atoms with Gasteiger partial charge in [-0.3, -0.25) is 19.3 Å². The summed E-state index contributed by atoms with van der Waals surface area (Å²) in [4.78, 5) is 44.7. The number of fused-ring (bicyclic) bond motifs is 1. The molecule has 1 aromatic heterocycles. The van der Waals surface area contributed by atoms with Gasteiger partial charge in [-0.15, -0.1) is 11.3 Å². The Morgan fingerprint density at radius 1 is 1.06 bits per heavy atom. The molecule has 0 fully saturated rings. The topological polar surface area (TPSA) is 79.4 Å². The van der Waals surface area contributed by atoms with Crippen LogP contribution in [-0.4, -0.2) is 33.6 Å². The van der Waals surface area contributed by atoms with Crippen LogP contribution in [0, 0.1) is 12.8 Å². The van der Waals surface area contributed by atoms with Gasteiger partial charge in [-0.05, 0) is 37.1 Å². The normalized spacial score (nSPS) is 15.0. The van der Waals surface area contributed by atoms with E-state index >= 15 is 0 Å².